The van der Waals surface area contributed by atoms with Crippen molar-refractivity contribution in [1.29, 1.82) is 0 Å². The van der Waals surface area contributed by atoms with Crippen LogP contribution in [0.15, 0.2) is 23.9 Å². The van der Waals surface area contributed by atoms with E-state index < -0.39 is 0 Å². The Morgan fingerprint density at radius 2 is 2.36 bits per heavy atom. The maximum Gasteiger partial charge on any atom is 0.0362 e. The van der Waals surface area contributed by atoms with Crippen LogP contribution in [0.25, 0.3) is 0 Å². The van der Waals surface area contributed by atoms with Gasteiger partial charge in [0.05, 0.1) is 0 Å². The van der Waals surface area contributed by atoms with Gasteiger partial charge < -0.3 is 4.90 Å². The lowest BCUT2D eigenvalue weighted by molar-refractivity contribution is 0.193. The molecule has 1 nitrogen and oxygen atoms in total. The van der Waals surface area contributed by atoms with Gasteiger partial charge in [0.15, 0.2) is 0 Å². The maximum absolute atomic E-state index is 4.03. The van der Waals surface area contributed by atoms with Crippen molar-refractivity contribution < 1.29 is 0 Å². The van der Waals surface area contributed by atoms with Gasteiger partial charge in [0.1, 0.15) is 0 Å². The summed E-state index contributed by atoms with van der Waals surface area (Å²) >= 11 is 0. The highest BCUT2D eigenvalue weighted by molar-refractivity contribution is 5.12. The number of allylic oxidation sites excluding steroid dienone is 1. The van der Waals surface area contributed by atoms with Crippen molar-refractivity contribution in [1.82, 2.24) is 4.90 Å². The molecule has 1 heteroatoms. The zero-order valence-electron chi connectivity index (χ0n) is 9.84. The van der Waals surface area contributed by atoms with E-state index in [9.17, 15) is 0 Å². The Balaban J connectivity index is 2.27. The van der Waals surface area contributed by atoms with Crippen molar-refractivity contribution in [2.75, 3.05) is 6.54 Å². The highest BCUT2D eigenvalue weighted by Gasteiger charge is 2.25. The van der Waals surface area contributed by atoms with Gasteiger partial charge in [-0.3, -0.25) is 0 Å². The van der Waals surface area contributed by atoms with Gasteiger partial charge in [0.2, 0.25) is 0 Å². The number of unbranched alkanes of at least 4 members (excludes halogenated alkanes) is 1. The lowest BCUT2D eigenvalue weighted by Gasteiger charge is -2.42. The van der Waals surface area contributed by atoms with Gasteiger partial charge in [-0.1, -0.05) is 31.6 Å². The Morgan fingerprint density at radius 3 is 2.86 bits per heavy atom. The van der Waals surface area contributed by atoms with Crippen LogP contribution in [-0.2, 0) is 0 Å². The normalized spacial score (nSPS) is 22.5. The fourth-order valence-electron chi connectivity index (χ4n) is 1.89. The molecule has 14 heavy (non-hydrogen) atoms. The monoisotopic (exact) mass is 193 g/mol. The zero-order valence-corrected chi connectivity index (χ0v) is 9.84. The molecule has 1 aliphatic rings. The molecule has 1 fully saturated rings. The van der Waals surface area contributed by atoms with Crippen LogP contribution in [0.1, 0.15) is 46.5 Å². The Kier molecular flexibility index (Phi) is 4.24. The third-order valence-corrected chi connectivity index (χ3v) is 3.03. The van der Waals surface area contributed by atoms with Crippen molar-refractivity contribution in [2.45, 2.75) is 52.5 Å². The highest BCUT2D eigenvalue weighted by Crippen LogP contribution is 2.27. The minimum Gasteiger partial charge on any atom is -0.368 e. The predicted molar refractivity (Wildman–Crippen MR) is 63.2 cm³/mol. The summed E-state index contributed by atoms with van der Waals surface area (Å²) in [6.45, 7) is 11.8. The molecule has 0 saturated carbocycles. The number of rotatable bonds is 5. The molecule has 1 aliphatic heterocycles. The van der Waals surface area contributed by atoms with Gasteiger partial charge >= 0.3 is 0 Å². The van der Waals surface area contributed by atoms with E-state index in [2.05, 4.69) is 38.3 Å². The molecule has 0 N–H and O–H groups in total. The lowest BCUT2D eigenvalue weighted by atomic mass is 10.0. The molecule has 0 aromatic rings. The Morgan fingerprint density at radius 1 is 1.64 bits per heavy atom. The Hall–Kier alpha value is -0.720. The van der Waals surface area contributed by atoms with Gasteiger partial charge in [-0.05, 0) is 26.7 Å². The second kappa shape index (κ2) is 5.23. The van der Waals surface area contributed by atoms with E-state index in [1.54, 1.807) is 0 Å². The number of likely N-dealkylation sites (tertiary alicyclic amines) is 1. The smallest absolute Gasteiger partial charge is 0.0362 e. The minimum atomic E-state index is 0.706. The first kappa shape index (κ1) is 11.4. The standard InChI is InChI=1S/C13H23N/c1-5-6-7-11(2)8-9-14-12(3)10-13(14)4/h8,13H,3,5-7,9-10H2,1-2,4H3/b11-8-. The number of hydrogen-bond donors (Lipinski definition) is 0. The zero-order chi connectivity index (χ0) is 10.6. The van der Waals surface area contributed by atoms with Gasteiger partial charge in [-0.2, -0.15) is 0 Å². The molecule has 0 radical (unpaired) electrons. The SMILES string of the molecule is C=C1CC(C)N1C/C=C(/C)CCCC. The van der Waals surface area contributed by atoms with Crippen molar-refractivity contribution in [2.24, 2.45) is 0 Å². The quantitative estimate of drug-likeness (QED) is 0.601. The number of hydrogen-bond acceptors (Lipinski definition) is 1. The van der Waals surface area contributed by atoms with E-state index in [0.29, 0.717) is 6.04 Å². The van der Waals surface area contributed by atoms with E-state index in [-0.39, 0.29) is 0 Å². The summed E-state index contributed by atoms with van der Waals surface area (Å²) in [6, 6.07) is 0.706. The van der Waals surface area contributed by atoms with Crippen LogP contribution in [-0.4, -0.2) is 17.5 Å². The largest absolute Gasteiger partial charge is 0.368 e. The van der Waals surface area contributed by atoms with Crippen molar-refractivity contribution >= 4 is 0 Å². The van der Waals surface area contributed by atoms with Gasteiger partial charge in [0, 0.05) is 24.7 Å². The van der Waals surface area contributed by atoms with E-state index in [1.165, 1.54) is 37.0 Å². The summed E-state index contributed by atoms with van der Waals surface area (Å²) in [5, 5.41) is 0. The lowest BCUT2D eigenvalue weighted by Crippen LogP contribution is -2.42. The average Bonchev–Trinajstić information content (AvgIpc) is 2.14. The van der Waals surface area contributed by atoms with Crippen LogP contribution in [0.2, 0.25) is 0 Å². The van der Waals surface area contributed by atoms with Crippen LogP contribution >= 0.6 is 0 Å². The van der Waals surface area contributed by atoms with E-state index in [0.717, 1.165) is 6.54 Å². The molecule has 0 aliphatic carbocycles. The first-order valence-electron chi connectivity index (χ1n) is 5.75. The number of nitrogens with zero attached hydrogens (tertiary/aromatic N) is 1. The Bertz CT molecular complexity index is 227. The summed E-state index contributed by atoms with van der Waals surface area (Å²) < 4.78 is 0. The molecule has 0 amide bonds. The average molecular weight is 193 g/mol. The van der Waals surface area contributed by atoms with Gasteiger partial charge in [0.25, 0.3) is 0 Å². The molecular weight excluding hydrogens is 170 g/mol. The first-order chi connectivity index (χ1) is 6.65. The van der Waals surface area contributed by atoms with Crippen molar-refractivity contribution in [3.05, 3.63) is 23.9 Å². The highest BCUT2D eigenvalue weighted by atomic mass is 15.2. The van der Waals surface area contributed by atoms with Gasteiger partial charge in [-0.15, -0.1) is 0 Å². The second-order valence-corrected chi connectivity index (χ2v) is 4.43. The summed E-state index contributed by atoms with van der Waals surface area (Å²) in [5.41, 5.74) is 2.83. The molecule has 1 unspecified atom stereocenters. The van der Waals surface area contributed by atoms with Crippen LogP contribution in [0.4, 0.5) is 0 Å². The van der Waals surface area contributed by atoms with Gasteiger partial charge in [-0.25, -0.2) is 0 Å². The van der Waals surface area contributed by atoms with E-state index >= 15 is 0 Å². The molecule has 1 rings (SSSR count). The minimum absolute atomic E-state index is 0.706. The summed E-state index contributed by atoms with van der Waals surface area (Å²) in [5.74, 6) is 0. The van der Waals surface area contributed by atoms with E-state index in [1.807, 2.05) is 0 Å². The molecule has 1 saturated heterocycles. The van der Waals surface area contributed by atoms with Crippen molar-refractivity contribution in [3.8, 4) is 0 Å². The Labute approximate surface area is 88.5 Å². The summed E-state index contributed by atoms with van der Waals surface area (Å²) in [6.07, 6.45) is 7.40. The molecule has 80 valence electrons. The molecule has 1 atom stereocenters. The fourth-order valence-corrected chi connectivity index (χ4v) is 1.89. The van der Waals surface area contributed by atoms with Crippen LogP contribution in [0, 0.1) is 0 Å². The first-order valence-corrected chi connectivity index (χ1v) is 5.75. The second-order valence-electron chi connectivity index (χ2n) is 4.43. The maximum atomic E-state index is 4.03. The topological polar surface area (TPSA) is 3.24 Å². The van der Waals surface area contributed by atoms with Crippen LogP contribution < -0.4 is 0 Å². The molecule has 0 spiro atoms. The third kappa shape index (κ3) is 2.90. The molecule has 1 heterocycles. The molecule has 0 bridgehead atoms. The third-order valence-electron chi connectivity index (χ3n) is 3.03. The van der Waals surface area contributed by atoms with E-state index in [4.69, 9.17) is 0 Å². The molecular formula is C13H23N. The van der Waals surface area contributed by atoms with Crippen molar-refractivity contribution in [3.63, 3.8) is 0 Å². The molecule has 0 aromatic heterocycles. The molecule has 0 aromatic carbocycles. The summed E-state index contributed by atoms with van der Waals surface area (Å²) in [4.78, 5) is 2.38. The predicted octanol–water partition coefficient (Wildman–Crippen LogP) is 3.73. The van der Waals surface area contributed by atoms with Crippen LogP contribution in [0.5, 0.6) is 0 Å². The summed E-state index contributed by atoms with van der Waals surface area (Å²) in [7, 11) is 0. The fraction of sp³-hybridized carbons (Fsp3) is 0.692. The van der Waals surface area contributed by atoms with Crippen LogP contribution in [0.3, 0.4) is 0 Å².